The monoisotopic (exact) mass is 241 g/mol. The van der Waals surface area contributed by atoms with Gasteiger partial charge in [0.1, 0.15) is 12.6 Å². The van der Waals surface area contributed by atoms with E-state index >= 15 is 0 Å². The zero-order valence-corrected chi connectivity index (χ0v) is 9.85. The molecule has 0 aromatic heterocycles. The third kappa shape index (κ3) is 4.89. The Balaban J connectivity index is 2.39. The van der Waals surface area contributed by atoms with E-state index in [-0.39, 0.29) is 6.61 Å². The highest BCUT2D eigenvalue weighted by atomic mass is 16.5. The third-order valence-electron chi connectivity index (χ3n) is 2.97. The van der Waals surface area contributed by atoms with Gasteiger partial charge in [-0.25, -0.2) is 9.59 Å². The maximum Gasteiger partial charge on any atom is 0.408 e. The fraction of sp³-hybridized carbons (Fsp3) is 0.667. The van der Waals surface area contributed by atoms with Gasteiger partial charge in [0.2, 0.25) is 0 Å². The van der Waals surface area contributed by atoms with Crippen LogP contribution in [0.4, 0.5) is 4.79 Å². The van der Waals surface area contributed by atoms with E-state index in [1.807, 2.05) is 0 Å². The highest BCUT2D eigenvalue weighted by Gasteiger charge is 2.26. The molecule has 1 saturated carbocycles. The molecule has 0 saturated heterocycles. The van der Waals surface area contributed by atoms with Gasteiger partial charge in [-0.15, -0.1) is 0 Å². The van der Waals surface area contributed by atoms with E-state index in [1.54, 1.807) is 0 Å². The van der Waals surface area contributed by atoms with Gasteiger partial charge in [0, 0.05) is 0 Å². The number of hydrogen-bond acceptors (Lipinski definition) is 3. The second kappa shape index (κ2) is 6.93. The van der Waals surface area contributed by atoms with Crippen molar-refractivity contribution >= 4 is 12.1 Å². The third-order valence-corrected chi connectivity index (χ3v) is 2.97. The number of alkyl carbamates (subject to hydrolysis) is 1. The predicted molar refractivity (Wildman–Crippen MR) is 62.7 cm³/mol. The number of rotatable bonds is 6. The molecule has 1 aliphatic carbocycles. The average Bonchev–Trinajstić information content (AvgIpc) is 2.78. The molecule has 1 amide bonds. The number of aliphatic carboxylic acids is 1. The quantitative estimate of drug-likeness (QED) is 0.697. The number of carbonyl (C=O) groups excluding carboxylic acids is 1. The molecule has 0 spiro atoms. The molecule has 96 valence electrons. The summed E-state index contributed by atoms with van der Waals surface area (Å²) >= 11 is 0. The first-order valence-corrected chi connectivity index (χ1v) is 5.90. The van der Waals surface area contributed by atoms with Crippen LogP contribution >= 0.6 is 0 Å². The summed E-state index contributed by atoms with van der Waals surface area (Å²) in [5.74, 6) is -0.608. The van der Waals surface area contributed by atoms with Gasteiger partial charge in [-0.1, -0.05) is 38.3 Å². The summed E-state index contributed by atoms with van der Waals surface area (Å²) in [6, 6.07) is -0.851. The van der Waals surface area contributed by atoms with Crippen LogP contribution in [-0.2, 0) is 9.53 Å². The van der Waals surface area contributed by atoms with Crippen molar-refractivity contribution in [2.75, 3.05) is 6.61 Å². The van der Waals surface area contributed by atoms with Crippen LogP contribution in [0.3, 0.4) is 0 Å². The number of nitrogens with one attached hydrogen (secondary N) is 1. The molecule has 17 heavy (non-hydrogen) atoms. The zero-order valence-electron chi connectivity index (χ0n) is 9.85. The molecule has 0 radical (unpaired) electrons. The molecule has 0 aromatic carbocycles. The smallest absolute Gasteiger partial charge is 0.408 e. The standard InChI is InChI=1S/C12H19NO4/c1-2-7-17-12(16)13-10(11(14)15)8-9-5-3-4-6-9/h2,9-10H,1,3-8H2,(H,13,16)(H,14,15). The number of carboxylic acids is 1. The van der Waals surface area contributed by atoms with Crippen LogP contribution in [0, 0.1) is 5.92 Å². The van der Waals surface area contributed by atoms with Gasteiger partial charge in [0.15, 0.2) is 0 Å². The van der Waals surface area contributed by atoms with Gasteiger partial charge in [-0.2, -0.15) is 0 Å². The lowest BCUT2D eigenvalue weighted by molar-refractivity contribution is -0.139. The van der Waals surface area contributed by atoms with E-state index in [9.17, 15) is 9.59 Å². The molecule has 1 atom stereocenters. The number of hydrogen-bond donors (Lipinski definition) is 2. The summed E-state index contributed by atoms with van der Waals surface area (Å²) in [4.78, 5) is 22.3. The largest absolute Gasteiger partial charge is 0.480 e. The highest BCUT2D eigenvalue weighted by molar-refractivity contribution is 5.79. The number of amides is 1. The van der Waals surface area contributed by atoms with E-state index < -0.39 is 18.1 Å². The summed E-state index contributed by atoms with van der Waals surface area (Å²) in [5, 5.41) is 11.4. The molecule has 5 nitrogen and oxygen atoms in total. The normalized spacial score (nSPS) is 17.4. The molecule has 2 N–H and O–H groups in total. The molecule has 0 bridgehead atoms. The average molecular weight is 241 g/mol. The van der Waals surface area contributed by atoms with Gasteiger partial charge >= 0.3 is 12.1 Å². The lowest BCUT2D eigenvalue weighted by Crippen LogP contribution is -2.42. The minimum absolute atomic E-state index is 0.0849. The minimum atomic E-state index is -1.01. The number of carboxylic acid groups (broad SMARTS) is 1. The Morgan fingerprint density at radius 1 is 1.47 bits per heavy atom. The van der Waals surface area contributed by atoms with E-state index in [2.05, 4.69) is 11.9 Å². The topological polar surface area (TPSA) is 75.6 Å². The summed E-state index contributed by atoms with van der Waals surface area (Å²) < 4.78 is 4.70. The summed E-state index contributed by atoms with van der Waals surface area (Å²) in [6.07, 6.45) is 5.62. The Morgan fingerprint density at radius 3 is 2.65 bits per heavy atom. The Hall–Kier alpha value is -1.52. The number of carbonyl (C=O) groups is 2. The Morgan fingerprint density at radius 2 is 2.12 bits per heavy atom. The molecule has 1 rings (SSSR count). The Labute approximate surface area is 101 Å². The van der Waals surface area contributed by atoms with Gasteiger partial charge in [-0.05, 0) is 12.3 Å². The van der Waals surface area contributed by atoms with Crippen molar-refractivity contribution in [1.82, 2.24) is 5.32 Å². The van der Waals surface area contributed by atoms with Crippen LogP contribution in [-0.4, -0.2) is 29.8 Å². The molecule has 0 aliphatic heterocycles. The van der Waals surface area contributed by atoms with Crippen molar-refractivity contribution in [1.29, 1.82) is 0 Å². The number of ether oxygens (including phenoxy) is 1. The van der Waals surface area contributed by atoms with Crippen LogP contribution in [0.1, 0.15) is 32.1 Å². The van der Waals surface area contributed by atoms with Crippen LogP contribution < -0.4 is 5.32 Å². The van der Waals surface area contributed by atoms with Crippen molar-refractivity contribution in [2.45, 2.75) is 38.1 Å². The molecule has 1 aliphatic rings. The maximum absolute atomic E-state index is 11.2. The van der Waals surface area contributed by atoms with E-state index in [0.717, 1.165) is 25.7 Å². The van der Waals surface area contributed by atoms with Crippen LogP contribution in [0.2, 0.25) is 0 Å². The van der Waals surface area contributed by atoms with Gasteiger partial charge in [-0.3, -0.25) is 0 Å². The molecular formula is C12H19NO4. The Bertz CT molecular complexity index is 284. The first kappa shape index (κ1) is 13.5. The van der Waals surface area contributed by atoms with E-state index in [4.69, 9.17) is 9.84 Å². The first-order chi connectivity index (χ1) is 8.13. The predicted octanol–water partition coefficient (Wildman–Crippen LogP) is 1.93. The Kier molecular flexibility index (Phi) is 5.52. The van der Waals surface area contributed by atoms with Crippen LogP contribution in [0.15, 0.2) is 12.7 Å². The molecule has 5 heteroatoms. The van der Waals surface area contributed by atoms with Crippen LogP contribution in [0.5, 0.6) is 0 Å². The summed E-state index contributed by atoms with van der Waals surface area (Å²) in [5.41, 5.74) is 0. The molecule has 0 aromatic rings. The molecule has 1 fully saturated rings. The van der Waals surface area contributed by atoms with Crippen LogP contribution in [0.25, 0.3) is 0 Å². The first-order valence-electron chi connectivity index (χ1n) is 5.90. The fourth-order valence-corrected chi connectivity index (χ4v) is 2.12. The van der Waals surface area contributed by atoms with Gasteiger partial charge < -0.3 is 15.2 Å². The summed E-state index contributed by atoms with van der Waals surface area (Å²) in [7, 11) is 0. The summed E-state index contributed by atoms with van der Waals surface area (Å²) in [6.45, 7) is 3.49. The second-order valence-electron chi connectivity index (χ2n) is 4.31. The zero-order chi connectivity index (χ0) is 12.7. The highest BCUT2D eigenvalue weighted by Crippen LogP contribution is 2.28. The lowest BCUT2D eigenvalue weighted by Gasteiger charge is -2.17. The minimum Gasteiger partial charge on any atom is -0.480 e. The van der Waals surface area contributed by atoms with Crippen molar-refractivity contribution in [2.24, 2.45) is 5.92 Å². The molecular weight excluding hydrogens is 222 g/mol. The van der Waals surface area contributed by atoms with Crippen molar-refractivity contribution in [3.8, 4) is 0 Å². The van der Waals surface area contributed by atoms with Crippen molar-refractivity contribution in [3.05, 3.63) is 12.7 Å². The van der Waals surface area contributed by atoms with Gasteiger partial charge in [0.05, 0.1) is 0 Å². The van der Waals surface area contributed by atoms with Gasteiger partial charge in [0.25, 0.3) is 0 Å². The molecule has 1 unspecified atom stereocenters. The SMILES string of the molecule is C=CCOC(=O)NC(CC1CCCC1)C(=O)O. The van der Waals surface area contributed by atoms with Crippen molar-refractivity contribution < 1.29 is 19.4 Å². The fourth-order valence-electron chi connectivity index (χ4n) is 2.12. The van der Waals surface area contributed by atoms with E-state index in [1.165, 1.54) is 6.08 Å². The lowest BCUT2D eigenvalue weighted by atomic mass is 9.98. The molecule has 0 heterocycles. The van der Waals surface area contributed by atoms with Crippen molar-refractivity contribution in [3.63, 3.8) is 0 Å². The van der Waals surface area contributed by atoms with E-state index in [0.29, 0.717) is 12.3 Å². The second-order valence-corrected chi connectivity index (χ2v) is 4.31. The maximum atomic E-state index is 11.2.